The lowest BCUT2D eigenvalue weighted by Crippen LogP contribution is -1.82. The molecule has 0 aromatic heterocycles. The normalized spacial score (nSPS) is 11.4. The number of rotatable bonds is 3. The molecule has 0 amide bonds. The van der Waals surface area contributed by atoms with Crippen molar-refractivity contribution in [2.45, 2.75) is 6.92 Å². The second kappa shape index (κ2) is 4.15. The van der Waals surface area contributed by atoms with E-state index < -0.39 is 8.25 Å². The van der Waals surface area contributed by atoms with E-state index in [9.17, 15) is 4.57 Å². The standard InChI is InChI=1S/C2H5O4P/c1-2-5-6-7(3)4/h2H2,1H3/p+1. The zero-order valence-electron chi connectivity index (χ0n) is 3.83. The first-order chi connectivity index (χ1) is 3.27. The summed E-state index contributed by atoms with van der Waals surface area (Å²) in [5, 5.41) is 0. The molecular formula is C2H6O4P+. The molecule has 4 nitrogen and oxygen atoms in total. The molecule has 0 saturated heterocycles. The Balaban J connectivity index is 2.82. The number of hydrogen-bond acceptors (Lipinski definition) is 3. The summed E-state index contributed by atoms with van der Waals surface area (Å²) in [5.41, 5.74) is 0. The van der Waals surface area contributed by atoms with Crippen LogP contribution in [0.5, 0.6) is 0 Å². The van der Waals surface area contributed by atoms with Gasteiger partial charge in [-0.25, -0.2) is 0 Å². The van der Waals surface area contributed by atoms with Crippen LogP contribution in [0.25, 0.3) is 0 Å². The van der Waals surface area contributed by atoms with Crippen LogP contribution in [0.2, 0.25) is 0 Å². The summed E-state index contributed by atoms with van der Waals surface area (Å²) in [6, 6.07) is 0. The van der Waals surface area contributed by atoms with Gasteiger partial charge in [-0.2, -0.15) is 4.89 Å². The Morgan fingerprint density at radius 1 is 1.86 bits per heavy atom. The minimum absolute atomic E-state index is 0.279. The van der Waals surface area contributed by atoms with Crippen LogP contribution in [0.3, 0.4) is 0 Å². The monoisotopic (exact) mass is 125 g/mol. The van der Waals surface area contributed by atoms with Crippen LogP contribution in [0, 0.1) is 0 Å². The molecule has 0 saturated carbocycles. The molecule has 0 rings (SSSR count). The average molecular weight is 125 g/mol. The van der Waals surface area contributed by atoms with E-state index in [0.717, 1.165) is 0 Å². The highest BCUT2D eigenvalue weighted by Crippen LogP contribution is 2.13. The van der Waals surface area contributed by atoms with Crippen LogP contribution in [-0.2, 0) is 14.1 Å². The van der Waals surface area contributed by atoms with Gasteiger partial charge in [0.05, 0.1) is 11.3 Å². The summed E-state index contributed by atoms with van der Waals surface area (Å²) < 4.78 is 13.3. The van der Waals surface area contributed by atoms with E-state index >= 15 is 0 Å². The Kier molecular flexibility index (Phi) is 4.14. The first kappa shape index (κ1) is 6.98. The zero-order valence-corrected chi connectivity index (χ0v) is 4.72. The zero-order chi connectivity index (χ0) is 5.70. The lowest BCUT2D eigenvalue weighted by atomic mass is 10.9. The van der Waals surface area contributed by atoms with Gasteiger partial charge in [-0.1, -0.05) is 0 Å². The van der Waals surface area contributed by atoms with Crippen LogP contribution in [0.1, 0.15) is 6.92 Å². The van der Waals surface area contributed by atoms with E-state index in [1.807, 2.05) is 0 Å². The summed E-state index contributed by atoms with van der Waals surface area (Å²) in [5.74, 6) is 0. The first-order valence-electron chi connectivity index (χ1n) is 1.73. The summed E-state index contributed by atoms with van der Waals surface area (Å²) in [6.07, 6.45) is 0. The molecule has 0 fully saturated rings. The minimum Gasteiger partial charge on any atom is -0.188 e. The quantitative estimate of drug-likeness (QED) is 0.341. The van der Waals surface area contributed by atoms with Gasteiger partial charge in [0.1, 0.15) is 0 Å². The fourth-order valence-corrected chi connectivity index (χ4v) is 0.293. The van der Waals surface area contributed by atoms with E-state index in [-0.39, 0.29) is 6.61 Å². The molecule has 0 radical (unpaired) electrons. The van der Waals surface area contributed by atoms with Crippen molar-refractivity contribution in [2.24, 2.45) is 0 Å². The molecule has 0 aromatic rings. The molecule has 0 aromatic carbocycles. The molecule has 5 heteroatoms. The molecule has 1 N–H and O–H groups in total. The molecule has 0 spiro atoms. The van der Waals surface area contributed by atoms with Gasteiger partial charge >= 0.3 is 8.25 Å². The van der Waals surface area contributed by atoms with Crippen LogP contribution in [0.15, 0.2) is 0 Å². The molecule has 0 aliphatic heterocycles. The molecule has 0 heterocycles. The fourth-order valence-electron chi connectivity index (χ4n) is 0.0978. The SMILES string of the molecule is CCOO[P+](=O)O. The second-order valence-corrected chi connectivity index (χ2v) is 1.34. The molecule has 0 aliphatic carbocycles. The highest BCUT2D eigenvalue weighted by molar-refractivity contribution is 7.31. The van der Waals surface area contributed by atoms with Crippen molar-refractivity contribution in [2.75, 3.05) is 6.61 Å². The van der Waals surface area contributed by atoms with Gasteiger partial charge in [-0.15, -0.1) is 4.89 Å². The van der Waals surface area contributed by atoms with Crippen molar-refractivity contribution in [1.29, 1.82) is 0 Å². The maximum absolute atomic E-state index is 9.56. The Hall–Kier alpha value is -0.0200. The van der Waals surface area contributed by atoms with Crippen LogP contribution in [0.4, 0.5) is 0 Å². The molecule has 42 valence electrons. The van der Waals surface area contributed by atoms with E-state index in [1.54, 1.807) is 6.92 Å². The molecule has 0 aliphatic rings. The Morgan fingerprint density at radius 3 is 2.57 bits per heavy atom. The molecule has 7 heavy (non-hydrogen) atoms. The summed E-state index contributed by atoms with van der Waals surface area (Å²) in [4.78, 5) is 11.9. The third kappa shape index (κ3) is 5.98. The summed E-state index contributed by atoms with van der Waals surface area (Å²) in [7, 11) is -2.58. The van der Waals surface area contributed by atoms with Gasteiger partial charge in [-0.05, 0) is 6.92 Å². The highest BCUT2D eigenvalue weighted by Gasteiger charge is 2.11. The predicted molar refractivity (Wildman–Crippen MR) is 22.5 cm³/mol. The second-order valence-electron chi connectivity index (χ2n) is 0.719. The average Bonchev–Trinajstić information content (AvgIpc) is 1.61. The van der Waals surface area contributed by atoms with Crippen molar-refractivity contribution in [1.82, 2.24) is 0 Å². The molecule has 1 atom stereocenters. The van der Waals surface area contributed by atoms with Gasteiger partial charge in [0.2, 0.25) is 0 Å². The smallest absolute Gasteiger partial charge is 0.188 e. The molecular weight excluding hydrogens is 119 g/mol. The molecule has 0 bridgehead atoms. The first-order valence-corrected chi connectivity index (χ1v) is 2.86. The van der Waals surface area contributed by atoms with Gasteiger partial charge in [0, 0.05) is 4.57 Å². The third-order valence-electron chi connectivity index (χ3n) is 0.234. The molecule has 1 unspecified atom stereocenters. The summed E-state index contributed by atoms with van der Waals surface area (Å²) in [6.45, 7) is 1.93. The maximum atomic E-state index is 9.56. The van der Waals surface area contributed by atoms with Gasteiger partial charge < -0.3 is 0 Å². The Bertz CT molecular complexity index is 62.7. The Labute approximate surface area is 41.9 Å². The van der Waals surface area contributed by atoms with Crippen LogP contribution >= 0.6 is 8.25 Å². The van der Waals surface area contributed by atoms with Gasteiger partial charge in [-0.3, -0.25) is 0 Å². The van der Waals surface area contributed by atoms with E-state index in [0.29, 0.717) is 0 Å². The lowest BCUT2D eigenvalue weighted by molar-refractivity contribution is -0.203. The van der Waals surface area contributed by atoms with Crippen molar-refractivity contribution >= 4 is 8.25 Å². The van der Waals surface area contributed by atoms with Crippen molar-refractivity contribution in [3.8, 4) is 0 Å². The van der Waals surface area contributed by atoms with E-state index in [2.05, 4.69) is 9.56 Å². The third-order valence-corrected chi connectivity index (χ3v) is 0.467. The predicted octanol–water partition coefficient (Wildman–Crippen LogP) is 0.604. The lowest BCUT2D eigenvalue weighted by Gasteiger charge is -1.78. The van der Waals surface area contributed by atoms with Gasteiger partial charge in [0.25, 0.3) is 0 Å². The topological polar surface area (TPSA) is 55.8 Å². The number of hydrogen-bond donors (Lipinski definition) is 1. The largest absolute Gasteiger partial charge is 0.725 e. The van der Waals surface area contributed by atoms with Crippen LogP contribution in [-0.4, -0.2) is 11.5 Å². The van der Waals surface area contributed by atoms with E-state index in [1.165, 1.54) is 0 Å². The maximum Gasteiger partial charge on any atom is 0.725 e. The van der Waals surface area contributed by atoms with Gasteiger partial charge in [0.15, 0.2) is 0 Å². The fraction of sp³-hybridized carbons (Fsp3) is 1.00. The highest BCUT2D eigenvalue weighted by atomic mass is 31.1. The van der Waals surface area contributed by atoms with Crippen molar-refractivity contribution in [3.05, 3.63) is 0 Å². The minimum atomic E-state index is -2.58. The van der Waals surface area contributed by atoms with Crippen LogP contribution < -0.4 is 0 Å². The van der Waals surface area contributed by atoms with Crippen molar-refractivity contribution in [3.63, 3.8) is 0 Å². The summed E-state index contributed by atoms with van der Waals surface area (Å²) >= 11 is 0. The van der Waals surface area contributed by atoms with Crippen molar-refractivity contribution < 1.29 is 19.0 Å². The van der Waals surface area contributed by atoms with E-state index in [4.69, 9.17) is 4.89 Å². The Morgan fingerprint density at radius 2 is 2.43 bits per heavy atom.